The van der Waals surface area contributed by atoms with E-state index in [2.05, 4.69) is 39.5 Å². The zero-order chi connectivity index (χ0) is 18.4. The molecule has 140 valence electrons. The van der Waals surface area contributed by atoms with Crippen LogP contribution < -0.4 is 5.32 Å². The molecular formula is C19H26N4O3. The molecule has 0 spiro atoms. The van der Waals surface area contributed by atoms with E-state index in [9.17, 15) is 4.79 Å². The zero-order valence-corrected chi connectivity index (χ0v) is 15.4. The van der Waals surface area contributed by atoms with E-state index in [1.54, 1.807) is 7.11 Å². The monoisotopic (exact) mass is 358 g/mol. The lowest BCUT2D eigenvalue weighted by Crippen LogP contribution is -2.51. The average molecular weight is 358 g/mol. The first-order chi connectivity index (χ1) is 12.6. The van der Waals surface area contributed by atoms with E-state index in [1.165, 1.54) is 0 Å². The standard InChI is InChI=1S/C19H26N4O3/c1-23-12-9-19(10-13-23,15-6-4-3-5-7-15)18(24)20-11-8-17-21-16(14-25-2)22-26-17/h3-7H,8-14H2,1-2H3,(H,20,24). The van der Waals surface area contributed by atoms with Crippen LogP contribution in [0.5, 0.6) is 0 Å². The maximum absolute atomic E-state index is 13.1. The molecule has 1 aromatic carbocycles. The molecule has 7 nitrogen and oxygen atoms in total. The van der Waals surface area contributed by atoms with Gasteiger partial charge in [-0.05, 0) is 38.5 Å². The van der Waals surface area contributed by atoms with E-state index < -0.39 is 5.41 Å². The number of nitrogens with one attached hydrogen (secondary N) is 1. The molecule has 0 atom stereocenters. The first-order valence-electron chi connectivity index (χ1n) is 8.97. The predicted molar refractivity (Wildman–Crippen MR) is 96.6 cm³/mol. The number of piperidine rings is 1. The van der Waals surface area contributed by atoms with Crippen LogP contribution >= 0.6 is 0 Å². The molecule has 2 aromatic rings. The van der Waals surface area contributed by atoms with Crippen LogP contribution in [0.1, 0.15) is 30.1 Å². The molecule has 0 radical (unpaired) electrons. The molecule has 0 saturated carbocycles. The molecule has 1 fully saturated rings. The summed E-state index contributed by atoms with van der Waals surface area (Å²) in [6.45, 7) is 2.61. The summed E-state index contributed by atoms with van der Waals surface area (Å²) in [5.74, 6) is 1.10. The summed E-state index contributed by atoms with van der Waals surface area (Å²) in [6, 6.07) is 10.1. The van der Waals surface area contributed by atoms with Gasteiger partial charge in [0.15, 0.2) is 5.82 Å². The predicted octanol–water partition coefficient (Wildman–Crippen LogP) is 1.54. The van der Waals surface area contributed by atoms with Gasteiger partial charge in [0, 0.05) is 20.1 Å². The van der Waals surface area contributed by atoms with Gasteiger partial charge in [-0.25, -0.2) is 0 Å². The fraction of sp³-hybridized carbons (Fsp3) is 0.526. The number of aromatic nitrogens is 2. The maximum atomic E-state index is 13.1. The fourth-order valence-corrected chi connectivity index (χ4v) is 3.44. The number of likely N-dealkylation sites (tertiary alicyclic amines) is 1. The topological polar surface area (TPSA) is 80.5 Å². The SMILES string of the molecule is COCc1noc(CCNC(=O)C2(c3ccccc3)CCN(C)CC2)n1. The lowest BCUT2D eigenvalue weighted by atomic mass is 9.72. The third kappa shape index (κ3) is 4.11. The summed E-state index contributed by atoms with van der Waals surface area (Å²) in [6.07, 6.45) is 2.14. The molecule has 1 amide bonds. The smallest absolute Gasteiger partial charge is 0.230 e. The number of benzene rings is 1. The van der Waals surface area contributed by atoms with E-state index in [0.717, 1.165) is 31.5 Å². The van der Waals surface area contributed by atoms with Crippen LogP contribution in [-0.2, 0) is 28.0 Å². The summed E-state index contributed by atoms with van der Waals surface area (Å²) in [4.78, 5) is 19.6. The Morgan fingerprint density at radius 2 is 2.04 bits per heavy atom. The van der Waals surface area contributed by atoms with Crippen molar-refractivity contribution >= 4 is 5.91 Å². The molecule has 1 aliphatic heterocycles. The number of methoxy groups -OCH3 is 1. The quantitative estimate of drug-likeness (QED) is 0.809. The second kappa shape index (κ2) is 8.42. The number of hydrogen-bond donors (Lipinski definition) is 1. The van der Waals surface area contributed by atoms with Crippen molar-refractivity contribution in [3.63, 3.8) is 0 Å². The molecule has 0 aliphatic carbocycles. The molecule has 1 aromatic heterocycles. The second-order valence-electron chi connectivity index (χ2n) is 6.79. The Morgan fingerprint density at radius 3 is 2.73 bits per heavy atom. The van der Waals surface area contributed by atoms with E-state index >= 15 is 0 Å². The van der Waals surface area contributed by atoms with Crippen molar-refractivity contribution in [2.75, 3.05) is 33.8 Å². The highest BCUT2D eigenvalue weighted by atomic mass is 16.5. The van der Waals surface area contributed by atoms with Crippen molar-refractivity contribution in [1.29, 1.82) is 0 Å². The van der Waals surface area contributed by atoms with Gasteiger partial charge < -0.3 is 19.5 Å². The van der Waals surface area contributed by atoms with Gasteiger partial charge in [0.1, 0.15) is 6.61 Å². The molecular weight excluding hydrogens is 332 g/mol. The fourth-order valence-electron chi connectivity index (χ4n) is 3.44. The number of nitrogens with zero attached hydrogens (tertiary/aromatic N) is 3. The minimum Gasteiger partial charge on any atom is -0.377 e. The number of amides is 1. The van der Waals surface area contributed by atoms with Gasteiger partial charge in [0.2, 0.25) is 11.8 Å². The normalized spacial score (nSPS) is 17.2. The highest BCUT2D eigenvalue weighted by Crippen LogP contribution is 2.35. The Hall–Kier alpha value is -2.25. The van der Waals surface area contributed by atoms with Crippen molar-refractivity contribution in [3.05, 3.63) is 47.6 Å². The molecule has 1 aliphatic rings. The van der Waals surface area contributed by atoms with E-state index in [4.69, 9.17) is 9.26 Å². The minimum absolute atomic E-state index is 0.0773. The molecule has 1 N–H and O–H groups in total. The lowest BCUT2D eigenvalue weighted by molar-refractivity contribution is -0.128. The number of ether oxygens (including phenoxy) is 1. The van der Waals surface area contributed by atoms with Crippen LogP contribution in [0.3, 0.4) is 0 Å². The molecule has 0 bridgehead atoms. The summed E-state index contributed by atoms with van der Waals surface area (Å²) >= 11 is 0. The Bertz CT molecular complexity index is 709. The van der Waals surface area contributed by atoms with Gasteiger partial charge in [0.05, 0.1) is 5.41 Å². The van der Waals surface area contributed by atoms with Gasteiger partial charge in [-0.3, -0.25) is 4.79 Å². The molecule has 1 saturated heterocycles. The highest BCUT2D eigenvalue weighted by molar-refractivity contribution is 5.88. The Morgan fingerprint density at radius 1 is 1.31 bits per heavy atom. The van der Waals surface area contributed by atoms with Crippen molar-refractivity contribution in [2.24, 2.45) is 0 Å². The van der Waals surface area contributed by atoms with Crippen LogP contribution in [-0.4, -0.2) is 54.7 Å². The van der Waals surface area contributed by atoms with Crippen molar-refractivity contribution in [3.8, 4) is 0 Å². The van der Waals surface area contributed by atoms with Crippen LogP contribution in [0.4, 0.5) is 0 Å². The van der Waals surface area contributed by atoms with E-state index in [1.807, 2.05) is 18.2 Å². The summed E-state index contributed by atoms with van der Waals surface area (Å²) < 4.78 is 10.1. The van der Waals surface area contributed by atoms with Gasteiger partial charge in [-0.1, -0.05) is 35.5 Å². The van der Waals surface area contributed by atoms with Gasteiger partial charge >= 0.3 is 0 Å². The molecule has 3 rings (SSSR count). The number of carbonyl (C=O) groups is 1. The zero-order valence-electron chi connectivity index (χ0n) is 15.4. The number of carbonyl (C=O) groups excluding carboxylic acids is 1. The largest absolute Gasteiger partial charge is 0.377 e. The van der Waals surface area contributed by atoms with Crippen molar-refractivity contribution in [1.82, 2.24) is 20.4 Å². The van der Waals surface area contributed by atoms with Crippen molar-refractivity contribution < 1.29 is 14.1 Å². The van der Waals surface area contributed by atoms with Gasteiger partial charge in [-0.2, -0.15) is 4.98 Å². The molecule has 7 heteroatoms. The third-order valence-corrected chi connectivity index (χ3v) is 5.01. The van der Waals surface area contributed by atoms with Crippen LogP contribution in [0, 0.1) is 0 Å². The van der Waals surface area contributed by atoms with E-state index in [-0.39, 0.29) is 5.91 Å². The summed E-state index contributed by atoms with van der Waals surface area (Å²) in [7, 11) is 3.68. The summed E-state index contributed by atoms with van der Waals surface area (Å²) in [5, 5.41) is 6.91. The number of rotatable bonds is 7. The van der Waals surface area contributed by atoms with Gasteiger partial charge in [-0.15, -0.1) is 0 Å². The van der Waals surface area contributed by atoms with Crippen LogP contribution in [0.2, 0.25) is 0 Å². The average Bonchev–Trinajstić information content (AvgIpc) is 3.11. The molecule has 0 unspecified atom stereocenters. The first-order valence-corrected chi connectivity index (χ1v) is 8.97. The number of hydrogen-bond acceptors (Lipinski definition) is 6. The van der Waals surface area contributed by atoms with E-state index in [0.29, 0.717) is 31.3 Å². The Kier molecular flexibility index (Phi) is 6.00. The van der Waals surface area contributed by atoms with Crippen LogP contribution in [0.25, 0.3) is 0 Å². The van der Waals surface area contributed by atoms with Gasteiger partial charge in [0.25, 0.3) is 0 Å². The van der Waals surface area contributed by atoms with Crippen molar-refractivity contribution in [2.45, 2.75) is 31.3 Å². The minimum atomic E-state index is -0.468. The first kappa shape index (κ1) is 18.5. The highest BCUT2D eigenvalue weighted by Gasteiger charge is 2.42. The molecule has 2 heterocycles. The maximum Gasteiger partial charge on any atom is 0.230 e. The summed E-state index contributed by atoms with van der Waals surface area (Å²) in [5.41, 5.74) is 0.620. The Labute approximate surface area is 153 Å². The lowest BCUT2D eigenvalue weighted by Gasteiger charge is -2.39. The third-order valence-electron chi connectivity index (χ3n) is 5.01. The Balaban J connectivity index is 1.64. The van der Waals surface area contributed by atoms with Crippen LogP contribution in [0.15, 0.2) is 34.9 Å². The second-order valence-corrected chi connectivity index (χ2v) is 6.79. The molecule has 26 heavy (non-hydrogen) atoms.